The van der Waals surface area contributed by atoms with E-state index in [2.05, 4.69) is 5.32 Å². The van der Waals surface area contributed by atoms with Gasteiger partial charge >= 0.3 is 0 Å². The van der Waals surface area contributed by atoms with Crippen LogP contribution in [0.3, 0.4) is 0 Å². The molecule has 0 spiro atoms. The van der Waals surface area contributed by atoms with Gasteiger partial charge in [0.25, 0.3) is 0 Å². The Morgan fingerprint density at radius 1 is 1.40 bits per heavy atom. The number of nitrogens with one attached hydrogen (secondary N) is 1. The van der Waals surface area contributed by atoms with E-state index in [0.29, 0.717) is 6.54 Å². The molecule has 0 saturated heterocycles. The van der Waals surface area contributed by atoms with Crippen LogP contribution in [0.4, 0.5) is 10.1 Å². The molecule has 1 amide bonds. The molecule has 0 saturated carbocycles. The number of anilines is 1. The molecule has 3 N–H and O–H groups in total. The SMILES string of the molecule is CCCCNC(=O)C(C)S(=O)(=O)c1cc(N)cc(F)c1. The molecule has 20 heavy (non-hydrogen) atoms. The summed E-state index contributed by atoms with van der Waals surface area (Å²) < 4.78 is 37.7. The number of amides is 1. The molecular formula is C13H19FN2O3S. The maximum Gasteiger partial charge on any atom is 0.238 e. The van der Waals surface area contributed by atoms with E-state index in [4.69, 9.17) is 5.73 Å². The molecule has 1 unspecified atom stereocenters. The monoisotopic (exact) mass is 302 g/mol. The largest absolute Gasteiger partial charge is 0.399 e. The first-order chi connectivity index (χ1) is 9.28. The Hall–Kier alpha value is -1.63. The van der Waals surface area contributed by atoms with Crippen LogP contribution < -0.4 is 11.1 Å². The van der Waals surface area contributed by atoms with E-state index in [0.717, 1.165) is 31.0 Å². The molecule has 5 nitrogen and oxygen atoms in total. The number of nitrogen functional groups attached to an aromatic ring is 1. The highest BCUT2D eigenvalue weighted by atomic mass is 32.2. The fraction of sp³-hybridized carbons (Fsp3) is 0.462. The Labute approximate surface area is 118 Å². The Kier molecular flexibility index (Phi) is 5.50. The summed E-state index contributed by atoms with van der Waals surface area (Å²) in [6, 6.07) is 3.03. The van der Waals surface area contributed by atoms with Gasteiger partial charge in [0.05, 0.1) is 4.90 Å². The quantitative estimate of drug-likeness (QED) is 0.615. The molecule has 0 fully saturated rings. The number of hydrogen-bond acceptors (Lipinski definition) is 4. The molecule has 112 valence electrons. The molecule has 1 aromatic carbocycles. The lowest BCUT2D eigenvalue weighted by molar-refractivity contribution is -0.120. The maximum atomic E-state index is 13.2. The van der Waals surface area contributed by atoms with Gasteiger partial charge in [0.15, 0.2) is 9.84 Å². The van der Waals surface area contributed by atoms with Gasteiger partial charge in [0, 0.05) is 12.2 Å². The molecule has 1 atom stereocenters. The summed E-state index contributed by atoms with van der Waals surface area (Å²) in [7, 11) is -3.95. The Morgan fingerprint density at radius 2 is 2.05 bits per heavy atom. The third-order valence-corrected chi connectivity index (χ3v) is 4.92. The standard InChI is InChI=1S/C13H19FN2O3S/c1-3-4-5-16-13(17)9(2)20(18,19)12-7-10(14)6-11(15)8-12/h6-9H,3-5,15H2,1-2H3,(H,16,17). The Morgan fingerprint density at radius 3 is 2.60 bits per heavy atom. The van der Waals surface area contributed by atoms with Crippen LogP contribution in [0.2, 0.25) is 0 Å². The number of nitrogens with two attached hydrogens (primary N) is 1. The van der Waals surface area contributed by atoms with Crippen molar-refractivity contribution in [2.75, 3.05) is 12.3 Å². The number of benzene rings is 1. The number of hydrogen-bond donors (Lipinski definition) is 2. The van der Waals surface area contributed by atoms with Gasteiger partial charge in [-0.3, -0.25) is 4.79 Å². The zero-order valence-electron chi connectivity index (χ0n) is 11.5. The summed E-state index contributed by atoms with van der Waals surface area (Å²) in [4.78, 5) is 11.5. The van der Waals surface area contributed by atoms with Crippen LogP contribution in [0.15, 0.2) is 23.1 Å². The van der Waals surface area contributed by atoms with Crippen molar-refractivity contribution < 1.29 is 17.6 Å². The Bertz CT molecular complexity index is 567. The van der Waals surface area contributed by atoms with Crippen molar-refractivity contribution in [1.82, 2.24) is 5.32 Å². The summed E-state index contributed by atoms with van der Waals surface area (Å²) in [6.07, 6.45) is 1.66. The van der Waals surface area contributed by atoms with Crippen LogP contribution in [0, 0.1) is 5.82 Å². The van der Waals surface area contributed by atoms with E-state index in [1.54, 1.807) is 0 Å². The second-order valence-corrected chi connectivity index (χ2v) is 6.82. The first kappa shape index (κ1) is 16.4. The lowest BCUT2D eigenvalue weighted by Gasteiger charge is -2.13. The van der Waals surface area contributed by atoms with Gasteiger partial charge < -0.3 is 11.1 Å². The van der Waals surface area contributed by atoms with Crippen LogP contribution in [-0.2, 0) is 14.6 Å². The molecule has 0 aliphatic rings. The van der Waals surface area contributed by atoms with Gasteiger partial charge in [-0.1, -0.05) is 13.3 Å². The van der Waals surface area contributed by atoms with E-state index in [9.17, 15) is 17.6 Å². The average Bonchev–Trinajstić information content (AvgIpc) is 2.36. The number of carbonyl (C=O) groups is 1. The highest BCUT2D eigenvalue weighted by molar-refractivity contribution is 7.92. The van der Waals surface area contributed by atoms with Crippen molar-refractivity contribution in [3.05, 3.63) is 24.0 Å². The minimum atomic E-state index is -3.95. The van der Waals surface area contributed by atoms with Gasteiger partial charge in [-0.25, -0.2) is 12.8 Å². The molecular weight excluding hydrogens is 283 g/mol. The van der Waals surface area contributed by atoms with Crippen molar-refractivity contribution in [2.24, 2.45) is 0 Å². The third kappa shape index (κ3) is 3.93. The summed E-state index contributed by atoms with van der Waals surface area (Å²) in [5.74, 6) is -1.34. The first-order valence-electron chi connectivity index (χ1n) is 6.36. The van der Waals surface area contributed by atoms with Crippen LogP contribution >= 0.6 is 0 Å². The second kappa shape index (κ2) is 6.69. The van der Waals surface area contributed by atoms with Crippen molar-refractivity contribution in [1.29, 1.82) is 0 Å². The maximum absolute atomic E-state index is 13.2. The average molecular weight is 302 g/mol. The summed E-state index contributed by atoms with van der Waals surface area (Å²) in [6.45, 7) is 3.65. The molecule has 0 aromatic heterocycles. The van der Waals surface area contributed by atoms with Crippen molar-refractivity contribution in [2.45, 2.75) is 36.8 Å². The minimum Gasteiger partial charge on any atom is -0.399 e. The van der Waals surface area contributed by atoms with Crippen molar-refractivity contribution >= 4 is 21.4 Å². The predicted octanol–water partition coefficient (Wildman–Crippen LogP) is 1.49. The van der Waals surface area contributed by atoms with E-state index in [1.165, 1.54) is 6.92 Å². The molecule has 0 radical (unpaired) electrons. The third-order valence-electron chi connectivity index (χ3n) is 2.89. The first-order valence-corrected chi connectivity index (χ1v) is 7.91. The van der Waals surface area contributed by atoms with E-state index in [-0.39, 0.29) is 10.6 Å². The Balaban J connectivity index is 2.94. The number of halogens is 1. The molecule has 1 aromatic rings. The molecule has 0 bridgehead atoms. The molecule has 7 heteroatoms. The molecule has 1 rings (SSSR count). The van der Waals surface area contributed by atoms with Gasteiger partial charge in [-0.15, -0.1) is 0 Å². The summed E-state index contributed by atoms with van der Waals surface area (Å²) >= 11 is 0. The van der Waals surface area contributed by atoms with Gasteiger partial charge in [-0.05, 0) is 31.5 Å². The topological polar surface area (TPSA) is 89.3 Å². The van der Waals surface area contributed by atoms with Gasteiger partial charge in [0.1, 0.15) is 11.1 Å². The van der Waals surface area contributed by atoms with Crippen molar-refractivity contribution in [3.8, 4) is 0 Å². The zero-order valence-corrected chi connectivity index (χ0v) is 12.3. The van der Waals surface area contributed by atoms with E-state index < -0.39 is 26.8 Å². The molecule has 0 heterocycles. The highest BCUT2D eigenvalue weighted by Gasteiger charge is 2.30. The summed E-state index contributed by atoms with van der Waals surface area (Å²) in [5, 5.41) is 1.25. The van der Waals surface area contributed by atoms with Crippen LogP contribution in [0.1, 0.15) is 26.7 Å². The van der Waals surface area contributed by atoms with Crippen LogP contribution in [-0.4, -0.2) is 26.1 Å². The highest BCUT2D eigenvalue weighted by Crippen LogP contribution is 2.20. The van der Waals surface area contributed by atoms with Crippen molar-refractivity contribution in [3.63, 3.8) is 0 Å². The predicted molar refractivity (Wildman–Crippen MR) is 75.4 cm³/mol. The molecule has 0 aliphatic carbocycles. The second-order valence-electron chi connectivity index (χ2n) is 4.55. The molecule has 0 aliphatic heterocycles. The minimum absolute atomic E-state index is 0.00201. The fourth-order valence-corrected chi connectivity index (χ4v) is 2.98. The number of sulfone groups is 1. The number of unbranched alkanes of at least 4 members (excludes halogenated alkanes) is 1. The van der Waals surface area contributed by atoms with E-state index in [1.807, 2.05) is 6.92 Å². The van der Waals surface area contributed by atoms with Crippen LogP contribution in [0.25, 0.3) is 0 Å². The zero-order chi connectivity index (χ0) is 15.3. The van der Waals surface area contributed by atoms with Gasteiger partial charge in [-0.2, -0.15) is 0 Å². The lowest BCUT2D eigenvalue weighted by Crippen LogP contribution is -2.38. The van der Waals surface area contributed by atoms with Gasteiger partial charge in [0.2, 0.25) is 5.91 Å². The van der Waals surface area contributed by atoms with E-state index >= 15 is 0 Å². The summed E-state index contributed by atoms with van der Waals surface area (Å²) in [5.41, 5.74) is 5.43. The van der Waals surface area contributed by atoms with Crippen LogP contribution in [0.5, 0.6) is 0 Å². The smallest absolute Gasteiger partial charge is 0.238 e. The number of carbonyl (C=O) groups excluding carboxylic acids is 1. The fourth-order valence-electron chi connectivity index (χ4n) is 1.63. The normalized spacial score (nSPS) is 12.9. The number of rotatable bonds is 6. The lowest BCUT2D eigenvalue weighted by atomic mass is 10.3.